The monoisotopic (exact) mass is 462 g/mol. The fourth-order valence-electron chi connectivity index (χ4n) is 4.54. The average molecular weight is 463 g/mol. The summed E-state index contributed by atoms with van der Waals surface area (Å²) < 4.78 is 7.50. The maximum Gasteiger partial charge on any atom is 0.124 e. The van der Waals surface area contributed by atoms with Crippen LogP contribution in [0.2, 0.25) is 0 Å². The number of rotatable bonds is 5. The lowest BCUT2D eigenvalue weighted by atomic mass is 9.86. The summed E-state index contributed by atoms with van der Waals surface area (Å²) in [6.07, 6.45) is 1.81. The lowest BCUT2D eigenvalue weighted by molar-refractivity contribution is 0.274. The Morgan fingerprint density at radius 1 is 1.00 bits per heavy atom. The second kappa shape index (κ2) is 8.53. The minimum absolute atomic E-state index is 0.0963. The van der Waals surface area contributed by atoms with Crippen LogP contribution in [0.3, 0.4) is 0 Å². The Bertz CT molecular complexity index is 1610. The minimum Gasteiger partial charge on any atom is -0.496 e. The maximum absolute atomic E-state index is 9.77. The van der Waals surface area contributed by atoms with Gasteiger partial charge in [-0.3, -0.25) is 9.55 Å². The van der Waals surface area contributed by atoms with Gasteiger partial charge in [-0.1, -0.05) is 24.3 Å². The van der Waals surface area contributed by atoms with Gasteiger partial charge in [0.1, 0.15) is 17.1 Å². The van der Waals surface area contributed by atoms with Gasteiger partial charge < -0.3 is 9.84 Å². The molecular weight excluding hydrogens is 436 g/mol. The Morgan fingerprint density at radius 3 is 2.40 bits per heavy atom. The summed E-state index contributed by atoms with van der Waals surface area (Å²) in [5.41, 5.74) is 6.81. The fourth-order valence-corrected chi connectivity index (χ4v) is 4.54. The van der Waals surface area contributed by atoms with Gasteiger partial charge in [-0.15, -0.1) is 0 Å². The zero-order valence-corrected chi connectivity index (χ0v) is 20.2. The highest BCUT2D eigenvalue weighted by Gasteiger charge is 2.20. The summed E-state index contributed by atoms with van der Waals surface area (Å²) >= 11 is 0. The number of imidazole rings is 1. The highest BCUT2D eigenvalue weighted by molar-refractivity contribution is 6.04. The summed E-state index contributed by atoms with van der Waals surface area (Å²) in [4.78, 5) is 9.42. The first-order valence-corrected chi connectivity index (χ1v) is 11.4. The summed E-state index contributed by atoms with van der Waals surface area (Å²) in [5.74, 6) is 1.52. The molecule has 0 bridgehead atoms. The third-order valence-corrected chi connectivity index (χ3v) is 6.56. The van der Waals surface area contributed by atoms with E-state index in [2.05, 4.69) is 21.7 Å². The normalized spacial score (nSPS) is 11.7. The van der Waals surface area contributed by atoms with E-state index in [1.165, 1.54) is 0 Å². The number of aryl methyl sites for hydroxylation is 1. The van der Waals surface area contributed by atoms with Gasteiger partial charge >= 0.3 is 0 Å². The molecule has 6 nitrogen and oxygen atoms in total. The smallest absolute Gasteiger partial charge is 0.124 e. The van der Waals surface area contributed by atoms with Crippen LogP contribution in [0.1, 0.15) is 30.8 Å². The van der Waals surface area contributed by atoms with Gasteiger partial charge in [0.2, 0.25) is 0 Å². The van der Waals surface area contributed by atoms with E-state index in [9.17, 15) is 10.4 Å². The van der Waals surface area contributed by atoms with E-state index in [0.29, 0.717) is 5.75 Å². The number of hydrogen-bond donors (Lipinski definition) is 1. The number of ether oxygens (including phenoxy) is 1. The van der Waals surface area contributed by atoms with Crippen molar-refractivity contribution in [2.45, 2.75) is 32.8 Å². The predicted molar refractivity (Wildman–Crippen MR) is 138 cm³/mol. The molecule has 0 amide bonds. The Hall–Kier alpha value is -4.21. The zero-order valence-electron chi connectivity index (χ0n) is 20.2. The number of aliphatic hydroxyl groups is 1. The lowest BCUT2D eigenvalue weighted by Crippen LogP contribution is -2.13. The van der Waals surface area contributed by atoms with Gasteiger partial charge in [-0.2, -0.15) is 5.26 Å². The first-order valence-electron chi connectivity index (χ1n) is 11.4. The molecule has 2 heterocycles. The highest BCUT2D eigenvalue weighted by Crippen LogP contribution is 2.33. The largest absolute Gasteiger partial charge is 0.496 e. The molecule has 0 spiro atoms. The number of fused-ring (bicyclic) bond motifs is 3. The van der Waals surface area contributed by atoms with Crippen LogP contribution in [0.25, 0.3) is 38.8 Å². The SMILES string of the molecule is COc1ccc(-c2ccc3ncc4nc(C)n(-c5ccc(C(C)(C)C#N)cc5)c4c3c2)cc1CO. The van der Waals surface area contributed by atoms with Gasteiger partial charge in [-0.25, -0.2) is 4.98 Å². The molecule has 0 saturated carbocycles. The van der Waals surface area contributed by atoms with Crippen LogP contribution in [0.5, 0.6) is 5.75 Å². The van der Waals surface area contributed by atoms with Crippen molar-refractivity contribution in [3.8, 4) is 28.6 Å². The topological polar surface area (TPSA) is 84.0 Å². The van der Waals surface area contributed by atoms with Crippen molar-refractivity contribution in [2.75, 3.05) is 7.11 Å². The van der Waals surface area contributed by atoms with Crippen molar-refractivity contribution < 1.29 is 9.84 Å². The molecule has 0 fully saturated rings. The Kier molecular flexibility index (Phi) is 5.50. The molecule has 3 aromatic carbocycles. The van der Waals surface area contributed by atoms with Crippen LogP contribution in [0.4, 0.5) is 0 Å². The van der Waals surface area contributed by atoms with Crippen molar-refractivity contribution in [2.24, 2.45) is 0 Å². The average Bonchev–Trinajstić information content (AvgIpc) is 3.24. The van der Waals surface area contributed by atoms with Crippen LogP contribution in [-0.4, -0.2) is 26.8 Å². The van der Waals surface area contributed by atoms with Crippen LogP contribution >= 0.6 is 0 Å². The summed E-state index contributed by atoms with van der Waals surface area (Å²) in [5, 5.41) is 20.2. The summed E-state index contributed by atoms with van der Waals surface area (Å²) in [6.45, 7) is 5.73. The molecule has 0 aliphatic rings. The first kappa shape index (κ1) is 22.6. The summed E-state index contributed by atoms with van der Waals surface area (Å²) in [6, 6.07) is 22.4. The first-order chi connectivity index (χ1) is 16.9. The zero-order chi connectivity index (χ0) is 24.7. The van der Waals surface area contributed by atoms with Gasteiger partial charge in [0, 0.05) is 16.6 Å². The van der Waals surface area contributed by atoms with Gasteiger partial charge in [0.05, 0.1) is 42.4 Å². The number of pyridine rings is 1. The number of hydrogen-bond acceptors (Lipinski definition) is 5. The van der Waals surface area contributed by atoms with Crippen molar-refractivity contribution in [1.82, 2.24) is 14.5 Å². The van der Waals surface area contributed by atoms with E-state index in [1.54, 1.807) is 7.11 Å². The van der Waals surface area contributed by atoms with Crippen molar-refractivity contribution in [3.05, 3.63) is 83.8 Å². The van der Waals surface area contributed by atoms with E-state index in [0.717, 1.165) is 55.7 Å². The molecule has 0 unspecified atom stereocenters. The Labute approximate surface area is 204 Å². The molecule has 5 rings (SSSR count). The number of benzene rings is 3. The minimum atomic E-state index is -0.554. The van der Waals surface area contributed by atoms with E-state index in [-0.39, 0.29) is 6.61 Å². The van der Waals surface area contributed by atoms with Gasteiger partial charge in [0.15, 0.2) is 0 Å². The van der Waals surface area contributed by atoms with E-state index < -0.39 is 5.41 Å². The molecule has 0 radical (unpaired) electrons. The molecule has 0 aliphatic carbocycles. The molecule has 0 aliphatic heterocycles. The molecule has 5 aromatic rings. The second-order valence-electron chi connectivity index (χ2n) is 9.19. The molecule has 35 heavy (non-hydrogen) atoms. The molecule has 1 N–H and O–H groups in total. The van der Waals surface area contributed by atoms with E-state index in [1.807, 2.05) is 81.6 Å². The number of methoxy groups -OCH3 is 1. The summed E-state index contributed by atoms with van der Waals surface area (Å²) in [7, 11) is 1.60. The fraction of sp³-hybridized carbons (Fsp3) is 0.207. The lowest BCUT2D eigenvalue weighted by Gasteiger charge is -2.17. The van der Waals surface area contributed by atoms with Crippen molar-refractivity contribution in [1.29, 1.82) is 5.26 Å². The van der Waals surface area contributed by atoms with Crippen LogP contribution < -0.4 is 4.74 Å². The van der Waals surface area contributed by atoms with Gasteiger partial charge in [0.25, 0.3) is 0 Å². The molecule has 174 valence electrons. The van der Waals surface area contributed by atoms with Crippen LogP contribution in [0, 0.1) is 18.3 Å². The van der Waals surface area contributed by atoms with Gasteiger partial charge in [-0.05, 0) is 73.9 Å². The van der Waals surface area contributed by atoms with Crippen molar-refractivity contribution in [3.63, 3.8) is 0 Å². The van der Waals surface area contributed by atoms with Crippen LogP contribution in [-0.2, 0) is 12.0 Å². The quantitative estimate of drug-likeness (QED) is 0.354. The molecule has 6 heteroatoms. The third kappa shape index (κ3) is 3.80. The van der Waals surface area contributed by atoms with E-state index >= 15 is 0 Å². The Balaban J connectivity index is 1.70. The van der Waals surface area contributed by atoms with Crippen LogP contribution in [0.15, 0.2) is 66.9 Å². The standard InChI is InChI=1S/C29H26N4O2/c1-18-32-26-15-31-25-11-5-20(19-6-12-27(35-4)21(13-19)16-34)14-24(25)28(26)33(18)23-9-7-22(8-10-23)29(2,3)17-30/h5-15,34H,16H2,1-4H3. The number of aromatic nitrogens is 3. The second-order valence-corrected chi connectivity index (χ2v) is 9.19. The predicted octanol–water partition coefficient (Wildman–Crippen LogP) is 5.85. The molecule has 0 saturated heterocycles. The number of nitriles is 1. The maximum atomic E-state index is 9.77. The molecule has 2 aromatic heterocycles. The Morgan fingerprint density at radius 2 is 1.71 bits per heavy atom. The molecule has 0 atom stereocenters. The molecular formula is C29H26N4O2. The van der Waals surface area contributed by atoms with Crippen molar-refractivity contribution >= 4 is 21.9 Å². The highest BCUT2D eigenvalue weighted by atomic mass is 16.5. The third-order valence-electron chi connectivity index (χ3n) is 6.56. The number of aliphatic hydroxyl groups excluding tert-OH is 1. The number of nitrogens with zero attached hydrogens (tertiary/aromatic N) is 4. The van der Waals surface area contributed by atoms with E-state index in [4.69, 9.17) is 9.72 Å².